The summed E-state index contributed by atoms with van der Waals surface area (Å²) in [5, 5.41) is 11.5. The van der Waals surface area contributed by atoms with E-state index in [0.29, 0.717) is 6.07 Å². The average molecular weight is 380 g/mol. The number of hydrogen-bond donors (Lipinski definition) is 2. The van der Waals surface area contributed by atoms with Crippen LogP contribution in [0.3, 0.4) is 0 Å². The standard InChI is InChI=1S/C17H9F5N4O/c18-8-4-5-11(15(22)14(8)21)23-17(27)12-6-7-13(26-25-12)24-16-9(19)2-1-3-10(16)20/h1-7H,(H,23,27)(H,24,26). The van der Waals surface area contributed by atoms with E-state index in [1.54, 1.807) is 0 Å². The summed E-state index contributed by atoms with van der Waals surface area (Å²) < 4.78 is 66.8. The maximum atomic E-state index is 13.6. The van der Waals surface area contributed by atoms with Gasteiger partial charge in [-0.05, 0) is 36.4 Å². The average Bonchev–Trinajstić information content (AvgIpc) is 2.66. The first-order chi connectivity index (χ1) is 12.9. The predicted molar refractivity (Wildman–Crippen MR) is 85.9 cm³/mol. The van der Waals surface area contributed by atoms with Crippen molar-refractivity contribution in [1.29, 1.82) is 0 Å². The molecule has 0 fully saturated rings. The summed E-state index contributed by atoms with van der Waals surface area (Å²) >= 11 is 0. The molecule has 10 heteroatoms. The number of carbonyl (C=O) groups excluding carboxylic acids is 1. The van der Waals surface area contributed by atoms with E-state index in [4.69, 9.17) is 0 Å². The molecular formula is C17H9F5N4O. The molecule has 1 aromatic heterocycles. The van der Waals surface area contributed by atoms with Gasteiger partial charge in [-0.2, -0.15) is 0 Å². The second-order valence-electron chi connectivity index (χ2n) is 5.20. The van der Waals surface area contributed by atoms with Crippen LogP contribution in [0.15, 0.2) is 42.5 Å². The minimum Gasteiger partial charge on any atom is -0.334 e. The van der Waals surface area contributed by atoms with Crippen molar-refractivity contribution in [3.05, 3.63) is 77.2 Å². The predicted octanol–water partition coefficient (Wildman–Crippen LogP) is 4.17. The Bertz CT molecular complexity index is 991. The molecule has 0 unspecified atom stereocenters. The third-order valence-corrected chi connectivity index (χ3v) is 3.40. The van der Waals surface area contributed by atoms with Crippen molar-refractivity contribution in [2.75, 3.05) is 10.6 Å². The van der Waals surface area contributed by atoms with Crippen molar-refractivity contribution in [3.63, 3.8) is 0 Å². The van der Waals surface area contributed by atoms with E-state index in [0.717, 1.165) is 24.3 Å². The van der Waals surface area contributed by atoms with Gasteiger partial charge in [-0.3, -0.25) is 4.79 Å². The summed E-state index contributed by atoms with van der Waals surface area (Å²) in [5.41, 5.74) is -1.33. The highest BCUT2D eigenvalue weighted by Gasteiger charge is 2.17. The molecule has 0 aliphatic carbocycles. The Hall–Kier alpha value is -3.56. The van der Waals surface area contributed by atoms with Crippen LogP contribution in [0.4, 0.5) is 39.1 Å². The molecule has 0 atom stereocenters. The van der Waals surface area contributed by atoms with E-state index in [2.05, 4.69) is 15.5 Å². The molecule has 0 saturated carbocycles. The lowest BCUT2D eigenvalue weighted by Crippen LogP contribution is -2.16. The largest absolute Gasteiger partial charge is 0.334 e. The fraction of sp³-hybridized carbons (Fsp3) is 0. The highest BCUT2D eigenvalue weighted by molar-refractivity contribution is 6.02. The number of carbonyl (C=O) groups is 1. The van der Waals surface area contributed by atoms with Gasteiger partial charge >= 0.3 is 0 Å². The first kappa shape index (κ1) is 18.2. The van der Waals surface area contributed by atoms with Gasteiger partial charge in [0.15, 0.2) is 29.0 Å². The van der Waals surface area contributed by atoms with Gasteiger partial charge in [-0.1, -0.05) is 6.07 Å². The molecule has 0 aliphatic heterocycles. The number of nitrogens with one attached hydrogen (secondary N) is 2. The number of hydrogen-bond acceptors (Lipinski definition) is 4. The zero-order valence-electron chi connectivity index (χ0n) is 13.2. The van der Waals surface area contributed by atoms with Crippen LogP contribution >= 0.6 is 0 Å². The minimum absolute atomic E-state index is 0.0606. The van der Waals surface area contributed by atoms with Crippen molar-refractivity contribution < 1.29 is 26.7 Å². The Morgan fingerprint density at radius 3 is 2.11 bits per heavy atom. The summed E-state index contributed by atoms with van der Waals surface area (Å²) in [6.45, 7) is 0. The van der Waals surface area contributed by atoms with Crippen LogP contribution in [-0.4, -0.2) is 16.1 Å². The molecule has 3 rings (SSSR count). The smallest absolute Gasteiger partial charge is 0.276 e. The molecule has 0 aliphatic rings. The number of aromatic nitrogens is 2. The van der Waals surface area contributed by atoms with E-state index in [1.807, 2.05) is 5.32 Å². The molecule has 5 nitrogen and oxygen atoms in total. The van der Waals surface area contributed by atoms with Crippen LogP contribution in [0, 0.1) is 29.1 Å². The molecule has 1 amide bonds. The molecule has 138 valence electrons. The Balaban J connectivity index is 1.75. The lowest BCUT2D eigenvalue weighted by Gasteiger charge is -2.09. The highest BCUT2D eigenvalue weighted by Crippen LogP contribution is 2.22. The lowest BCUT2D eigenvalue weighted by molar-refractivity contribution is 0.102. The normalized spacial score (nSPS) is 10.6. The Morgan fingerprint density at radius 2 is 1.48 bits per heavy atom. The maximum Gasteiger partial charge on any atom is 0.276 e. The molecule has 1 heterocycles. The Kier molecular flexibility index (Phi) is 4.97. The molecule has 2 aromatic carbocycles. The molecule has 3 aromatic rings. The van der Waals surface area contributed by atoms with Crippen molar-refractivity contribution in [2.24, 2.45) is 0 Å². The monoisotopic (exact) mass is 380 g/mol. The molecular weight excluding hydrogens is 371 g/mol. The minimum atomic E-state index is -1.73. The number of anilines is 3. The summed E-state index contributed by atoms with van der Waals surface area (Å²) in [7, 11) is 0. The van der Waals surface area contributed by atoms with Crippen LogP contribution < -0.4 is 10.6 Å². The number of benzene rings is 2. The number of para-hydroxylation sites is 1. The molecule has 0 spiro atoms. The maximum absolute atomic E-state index is 13.6. The lowest BCUT2D eigenvalue weighted by atomic mass is 10.2. The second kappa shape index (κ2) is 7.36. The van der Waals surface area contributed by atoms with Crippen molar-refractivity contribution in [1.82, 2.24) is 10.2 Å². The van der Waals surface area contributed by atoms with Crippen LogP contribution in [-0.2, 0) is 0 Å². The molecule has 27 heavy (non-hydrogen) atoms. The third kappa shape index (κ3) is 3.84. The fourth-order valence-electron chi connectivity index (χ4n) is 2.07. The summed E-state index contributed by atoms with van der Waals surface area (Å²) in [6.07, 6.45) is 0. The summed E-state index contributed by atoms with van der Waals surface area (Å²) in [4.78, 5) is 12.0. The molecule has 0 saturated heterocycles. The van der Waals surface area contributed by atoms with Gasteiger partial charge in [0.1, 0.15) is 17.3 Å². The van der Waals surface area contributed by atoms with Gasteiger partial charge in [-0.25, -0.2) is 22.0 Å². The van der Waals surface area contributed by atoms with Gasteiger partial charge in [0.2, 0.25) is 0 Å². The summed E-state index contributed by atoms with van der Waals surface area (Å²) in [6, 6.07) is 7.10. The van der Waals surface area contributed by atoms with Crippen molar-refractivity contribution >= 4 is 23.1 Å². The zero-order chi connectivity index (χ0) is 19.6. The Labute approximate surface area is 148 Å². The first-order valence-electron chi connectivity index (χ1n) is 7.36. The fourth-order valence-corrected chi connectivity index (χ4v) is 2.07. The SMILES string of the molecule is O=C(Nc1ccc(F)c(F)c1F)c1ccc(Nc2c(F)cccc2F)nn1. The first-order valence-corrected chi connectivity index (χ1v) is 7.36. The van der Waals surface area contributed by atoms with E-state index < -0.39 is 46.4 Å². The molecule has 2 N–H and O–H groups in total. The number of rotatable bonds is 4. The van der Waals surface area contributed by atoms with Crippen LogP contribution in [0.5, 0.6) is 0 Å². The van der Waals surface area contributed by atoms with Gasteiger partial charge < -0.3 is 10.6 Å². The Morgan fingerprint density at radius 1 is 0.778 bits per heavy atom. The highest BCUT2D eigenvalue weighted by atomic mass is 19.2. The van der Waals surface area contributed by atoms with Crippen LogP contribution in [0.2, 0.25) is 0 Å². The number of amides is 1. The van der Waals surface area contributed by atoms with E-state index in [1.165, 1.54) is 12.1 Å². The molecule has 0 radical (unpaired) electrons. The summed E-state index contributed by atoms with van der Waals surface area (Å²) in [5.74, 6) is -7.42. The van der Waals surface area contributed by atoms with Gasteiger partial charge in [-0.15, -0.1) is 10.2 Å². The van der Waals surface area contributed by atoms with Crippen LogP contribution in [0.25, 0.3) is 0 Å². The second-order valence-corrected chi connectivity index (χ2v) is 5.20. The van der Waals surface area contributed by atoms with Gasteiger partial charge in [0, 0.05) is 0 Å². The van der Waals surface area contributed by atoms with Gasteiger partial charge in [0.05, 0.1) is 5.69 Å². The van der Waals surface area contributed by atoms with Crippen molar-refractivity contribution in [3.8, 4) is 0 Å². The van der Waals surface area contributed by atoms with E-state index >= 15 is 0 Å². The van der Waals surface area contributed by atoms with Crippen molar-refractivity contribution in [2.45, 2.75) is 0 Å². The topological polar surface area (TPSA) is 66.9 Å². The zero-order valence-corrected chi connectivity index (χ0v) is 13.2. The molecule has 0 bridgehead atoms. The number of halogens is 5. The van der Waals surface area contributed by atoms with E-state index in [-0.39, 0.29) is 11.5 Å². The van der Waals surface area contributed by atoms with Gasteiger partial charge in [0.25, 0.3) is 5.91 Å². The third-order valence-electron chi connectivity index (χ3n) is 3.40. The van der Waals surface area contributed by atoms with Crippen LogP contribution in [0.1, 0.15) is 10.5 Å². The quantitative estimate of drug-likeness (QED) is 0.527. The number of nitrogens with zero attached hydrogens (tertiary/aromatic N) is 2. The van der Waals surface area contributed by atoms with E-state index in [9.17, 15) is 26.7 Å².